The first-order valence-electron chi connectivity index (χ1n) is 7.28. The highest BCUT2D eigenvalue weighted by Gasteiger charge is 2.33. The molecule has 1 N–H and O–H groups in total. The molecule has 0 amide bonds. The third-order valence-electron chi connectivity index (χ3n) is 3.85. The molecule has 2 heterocycles. The van der Waals surface area contributed by atoms with Crippen LogP contribution < -0.4 is 0 Å². The summed E-state index contributed by atoms with van der Waals surface area (Å²) in [7, 11) is 3.81. The standard InChI is InChI=1S/C15H21N5O/c1-18(2)14-13(12-8-4-3-5-9-12)16-17-15(20(14)21)19-10-6-7-11-19/h3-5,8-9,15,21H,6-7,10-11H2,1-2H3. The van der Waals surface area contributed by atoms with Crippen LogP contribution in [0.4, 0.5) is 0 Å². The summed E-state index contributed by atoms with van der Waals surface area (Å²) < 4.78 is 0. The Bertz CT molecular complexity index is 548. The number of hydroxylamine groups is 2. The lowest BCUT2D eigenvalue weighted by Crippen LogP contribution is -2.47. The van der Waals surface area contributed by atoms with Crippen molar-refractivity contribution in [2.75, 3.05) is 27.2 Å². The Morgan fingerprint density at radius 3 is 2.43 bits per heavy atom. The number of benzene rings is 1. The summed E-state index contributed by atoms with van der Waals surface area (Å²) in [5, 5.41) is 20.6. The highest BCUT2D eigenvalue weighted by atomic mass is 16.5. The third-order valence-corrected chi connectivity index (χ3v) is 3.85. The lowest BCUT2D eigenvalue weighted by atomic mass is 10.1. The average Bonchev–Trinajstić information content (AvgIpc) is 3.01. The Balaban J connectivity index is 1.96. The maximum absolute atomic E-state index is 10.6. The maximum Gasteiger partial charge on any atom is 0.223 e. The molecule has 1 atom stereocenters. The van der Waals surface area contributed by atoms with Crippen LogP contribution in [0.25, 0.3) is 5.70 Å². The Labute approximate surface area is 124 Å². The van der Waals surface area contributed by atoms with Gasteiger partial charge >= 0.3 is 0 Å². The molecule has 1 aromatic rings. The van der Waals surface area contributed by atoms with Crippen LogP contribution in [-0.2, 0) is 0 Å². The molecule has 1 aromatic carbocycles. The van der Waals surface area contributed by atoms with E-state index in [1.165, 1.54) is 5.06 Å². The van der Waals surface area contributed by atoms with Gasteiger partial charge in [-0.1, -0.05) is 30.3 Å². The van der Waals surface area contributed by atoms with Crippen LogP contribution in [0.5, 0.6) is 0 Å². The minimum absolute atomic E-state index is 0.419. The van der Waals surface area contributed by atoms with Gasteiger partial charge in [-0.05, 0) is 12.8 Å². The molecule has 0 bridgehead atoms. The van der Waals surface area contributed by atoms with E-state index >= 15 is 0 Å². The lowest BCUT2D eigenvalue weighted by Gasteiger charge is -2.37. The fourth-order valence-electron chi connectivity index (χ4n) is 2.82. The topological polar surface area (TPSA) is 54.7 Å². The molecule has 0 spiro atoms. The zero-order chi connectivity index (χ0) is 14.8. The summed E-state index contributed by atoms with van der Waals surface area (Å²) >= 11 is 0. The van der Waals surface area contributed by atoms with Crippen LogP contribution in [0.1, 0.15) is 18.4 Å². The van der Waals surface area contributed by atoms with Crippen LogP contribution in [-0.4, -0.2) is 53.5 Å². The van der Waals surface area contributed by atoms with Gasteiger partial charge in [0.15, 0.2) is 5.82 Å². The number of azo groups is 1. The van der Waals surface area contributed by atoms with Crippen LogP contribution in [0.2, 0.25) is 0 Å². The van der Waals surface area contributed by atoms with Crippen molar-refractivity contribution in [3.8, 4) is 0 Å². The molecule has 1 saturated heterocycles. The SMILES string of the molecule is CN(C)C1=C(c2ccccc2)N=NC(N2CCCC2)N1O. The van der Waals surface area contributed by atoms with Crippen molar-refractivity contribution in [1.29, 1.82) is 0 Å². The summed E-state index contributed by atoms with van der Waals surface area (Å²) in [4.78, 5) is 4.03. The first kappa shape index (κ1) is 14.0. The second kappa shape index (κ2) is 5.83. The van der Waals surface area contributed by atoms with Crippen molar-refractivity contribution in [1.82, 2.24) is 14.9 Å². The second-order valence-corrected chi connectivity index (χ2v) is 5.58. The Morgan fingerprint density at radius 2 is 1.81 bits per heavy atom. The molecule has 1 fully saturated rings. The van der Waals surface area contributed by atoms with Gasteiger partial charge in [-0.15, -0.1) is 10.2 Å². The summed E-state index contributed by atoms with van der Waals surface area (Å²) in [6.45, 7) is 1.89. The molecule has 6 nitrogen and oxygen atoms in total. The fourth-order valence-corrected chi connectivity index (χ4v) is 2.82. The minimum atomic E-state index is -0.419. The molecular formula is C15H21N5O. The van der Waals surface area contributed by atoms with Gasteiger partial charge in [-0.25, -0.2) is 0 Å². The largest absolute Gasteiger partial charge is 0.361 e. The molecule has 21 heavy (non-hydrogen) atoms. The van der Waals surface area contributed by atoms with E-state index in [4.69, 9.17) is 0 Å². The molecular weight excluding hydrogens is 266 g/mol. The normalized spacial score (nSPS) is 23.0. The first-order chi connectivity index (χ1) is 10.2. The Morgan fingerprint density at radius 1 is 1.14 bits per heavy atom. The highest BCUT2D eigenvalue weighted by Crippen LogP contribution is 2.31. The van der Waals surface area contributed by atoms with E-state index in [1.807, 2.05) is 49.3 Å². The molecule has 2 aliphatic rings. The first-order valence-corrected chi connectivity index (χ1v) is 7.28. The van der Waals surface area contributed by atoms with E-state index in [0.717, 1.165) is 31.5 Å². The summed E-state index contributed by atoms with van der Waals surface area (Å²) in [5.41, 5.74) is 1.64. The predicted molar refractivity (Wildman–Crippen MR) is 80.1 cm³/mol. The Hall–Kier alpha value is -1.92. The monoisotopic (exact) mass is 287 g/mol. The minimum Gasteiger partial charge on any atom is -0.361 e. The number of hydrogen-bond acceptors (Lipinski definition) is 6. The molecule has 6 heteroatoms. The molecule has 0 radical (unpaired) electrons. The van der Waals surface area contributed by atoms with Gasteiger partial charge in [0.1, 0.15) is 5.70 Å². The maximum atomic E-state index is 10.6. The fraction of sp³-hybridized carbons (Fsp3) is 0.467. The van der Waals surface area contributed by atoms with Gasteiger partial charge in [-0.2, -0.15) is 5.06 Å². The predicted octanol–water partition coefficient (Wildman–Crippen LogP) is 2.41. The molecule has 1 unspecified atom stereocenters. The Kier molecular flexibility index (Phi) is 3.90. The van der Waals surface area contributed by atoms with Crippen LogP contribution in [0.15, 0.2) is 46.4 Å². The molecule has 2 aliphatic heterocycles. The quantitative estimate of drug-likeness (QED) is 0.927. The van der Waals surface area contributed by atoms with Crippen molar-refractivity contribution in [3.05, 3.63) is 41.7 Å². The van der Waals surface area contributed by atoms with E-state index in [2.05, 4.69) is 15.1 Å². The van der Waals surface area contributed by atoms with Gasteiger partial charge < -0.3 is 4.90 Å². The molecule has 0 aromatic heterocycles. The van der Waals surface area contributed by atoms with Gasteiger partial charge in [0.25, 0.3) is 0 Å². The van der Waals surface area contributed by atoms with Gasteiger partial charge in [0.05, 0.1) is 0 Å². The van der Waals surface area contributed by atoms with Gasteiger partial charge in [0, 0.05) is 32.7 Å². The molecule has 112 valence electrons. The van der Waals surface area contributed by atoms with Gasteiger partial charge in [0.2, 0.25) is 6.29 Å². The van der Waals surface area contributed by atoms with Crippen LogP contribution in [0, 0.1) is 0 Å². The molecule has 0 saturated carbocycles. The highest BCUT2D eigenvalue weighted by molar-refractivity contribution is 5.66. The number of rotatable bonds is 3. The smallest absolute Gasteiger partial charge is 0.223 e. The van der Waals surface area contributed by atoms with E-state index in [0.29, 0.717) is 11.5 Å². The summed E-state index contributed by atoms with van der Waals surface area (Å²) in [6, 6.07) is 9.83. The van der Waals surface area contributed by atoms with E-state index in [-0.39, 0.29) is 0 Å². The number of likely N-dealkylation sites (tertiary alicyclic amines) is 1. The van der Waals surface area contributed by atoms with E-state index in [1.54, 1.807) is 0 Å². The van der Waals surface area contributed by atoms with Crippen molar-refractivity contribution in [2.24, 2.45) is 10.2 Å². The van der Waals surface area contributed by atoms with Crippen molar-refractivity contribution >= 4 is 5.70 Å². The van der Waals surface area contributed by atoms with Crippen molar-refractivity contribution in [3.63, 3.8) is 0 Å². The third kappa shape index (κ3) is 2.64. The van der Waals surface area contributed by atoms with Crippen LogP contribution in [0.3, 0.4) is 0 Å². The van der Waals surface area contributed by atoms with Crippen LogP contribution >= 0.6 is 0 Å². The molecule has 3 rings (SSSR count). The van der Waals surface area contributed by atoms with Gasteiger partial charge in [-0.3, -0.25) is 10.1 Å². The van der Waals surface area contributed by atoms with E-state index in [9.17, 15) is 5.21 Å². The van der Waals surface area contributed by atoms with Crippen molar-refractivity contribution in [2.45, 2.75) is 19.1 Å². The summed E-state index contributed by atoms with van der Waals surface area (Å²) in [5.74, 6) is 0.674. The van der Waals surface area contributed by atoms with E-state index < -0.39 is 6.29 Å². The summed E-state index contributed by atoms with van der Waals surface area (Å²) in [6.07, 6.45) is 1.87. The lowest BCUT2D eigenvalue weighted by molar-refractivity contribution is -0.155. The number of nitrogens with zero attached hydrogens (tertiary/aromatic N) is 5. The zero-order valence-electron chi connectivity index (χ0n) is 12.5. The average molecular weight is 287 g/mol. The zero-order valence-corrected chi connectivity index (χ0v) is 12.5. The number of hydrogen-bond donors (Lipinski definition) is 1. The second-order valence-electron chi connectivity index (χ2n) is 5.58. The molecule has 0 aliphatic carbocycles. The van der Waals surface area contributed by atoms with Crippen molar-refractivity contribution < 1.29 is 5.21 Å².